The number of hydrogen-bond acceptors (Lipinski definition) is 2. The minimum absolute atomic E-state index is 0.183. The summed E-state index contributed by atoms with van der Waals surface area (Å²) in [6, 6.07) is 82.1. The smallest absolute Gasteiger partial charge is 0.0465 e. The highest BCUT2D eigenvalue weighted by atomic mass is 15.1. The maximum Gasteiger partial charge on any atom is 0.0465 e. The molecule has 0 bridgehead atoms. The Kier molecular flexibility index (Phi) is 11.5. The van der Waals surface area contributed by atoms with Crippen LogP contribution in [0, 0.1) is 27.7 Å². The summed E-state index contributed by atoms with van der Waals surface area (Å²) in [6.45, 7) is 18.1. The van der Waals surface area contributed by atoms with Crippen LogP contribution in [0.4, 0.5) is 34.1 Å². The first-order valence-corrected chi connectivity index (χ1v) is 28.3. The molecule has 0 saturated carbocycles. The Labute approximate surface area is 471 Å². The molecule has 0 spiro atoms. The lowest BCUT2D eigenvalue weighted by Gasteiger charge is -2.28. The van der Waals surface area contributed by atoms with Gasteiger partial charge in [0.25, 0.3) is 0 Å². The maximum atomic E-state index is 2.42. The SMILES string of the molecule is Cc1ccc(N(c2ccc(C)cc2)c2ccc3c(c2)C(C)(C)c2cc(C=Cc4ccc5ccc6c(C=Cc7ccc8c(c7)C(C)(C)c7cc(N(c9ccc(C)cc9)c9ccc(C)cc9)ccc7-8)ccc7ccc4c5c76)ccc2-3)cc1. The van der Waals surface area contributed by atoms with Gasteiger partial charge in [-0.1, -0.05) is 220 Å². The molecule has 386 valence electrons. The van der Waals surface area contributed by atoms with Crippen molar-refractivity contribution in [3.63, 3.8) is 0 Å². The van der Waals surface area contributed by atoms with Crippen LogP contribution >= 0.6 is 0 Å². The zero-order valence-corrected chi connectivity index (χ0v) is 47.0. The second kappa shape index (κ2) is 18.7. The number of hydrogen-bond donors (Lipinski definition) is 0. The van der Waals surface area contributed by atoms with Crippen LogP contribution in [0.15, 0.2) is 218 Å². The van der Waals surface area contributed by atoms with Crippen molar-refractivity contribution in [3.8, 4) is 22.3 Å². The predicted octanol–water partition coefficient (Wildman–Crippen LogP) is 21.7. The van der Waals surface area contributed by atoms with E-state index in [0.717, 1.165) is 22.7 Å². The van der Waals surface area contributed by atoms with Gasteiger partial charge in [-0.2, -0.15) is 0 Å². The molecular weight excluding hydrogens is 965 g/mol. The predicted molar refractivity (Wildman–Crippen MR) is 344 cm³/mol. The minimum Gasteiger partial charge on any atom is -0.310 e. The van der Waals surface area contributed by atoms with Gasteiger partial charge >= 0.3 is 0 Å². The Morgan fingerprint density at radius 3 is 0.900 bits per heavy atom. The third kappa shape index (κ3) is 8.15. The molecule has 12 aromatic carbocycles. The van der Waals surface area contributed by atoms with Gasteiger partial charge in [0.1, 0.15) is 0 Å². The number of aryl methyl sites for hydroxylation is 4. The summed E-state index contributed by atoms with van der Waals surface area (Å²) in [7, 11) is 0. The van der Waals surface area contributed by atoms with Crippen molar-refractivity contribution >= 4 is 90.7 Å². The Morgan fingerprint density at radius 2 is 0.562 bits per heavy atom. The van der Waals surface area contributed by atoms with Gasteiger partial charge in [-0.25, -0.2) is 0 Å². The van der Waals surface area contributed by atoms with E-state index in [2.05, 4.69) is 308 Å². The number of rotatable bonds is 10. The van der Waals surface area contributed by atoms with E-state index in [1.165, 1.54) is 133 Å². The van der Waals surface area contributed by atoms with Gasteiger partial charge < -0.3 is 9.80 Å². The van der Waals surface area contributed by atoms with E-state index >= 15 is 0 Å². The normalized spacial score (nSPS) is 13.8. The van der Waals surface area contributed by atoms with Gasteiger partial charge in [0.05, 0.1) is 0 Å². The van der Waals surface area contributed by atoms with E-state index in [1.54, 1.807) is 0 Å². The van der Waals surface area contributed by atoms with Crippen molar-refractivity contribution in [2.75, 3.05) is 9.80 Å². The Hall–Kier alpha value is -9.24. The standard InChI is InChI=1S/C78H64N2/c1-49-9-29-59(30-10-49)79(60-31-11-50(2)12-32-60)63-37-43-69-67-39-19-53(45-71(67)77(5,6)73(69)47-63)17-21-55-23-25-57-28-42-66-56(24-26-58-27-41-65(55)75(57)76(58)66)22-18-54-20-40-68-70-44-38-64(48-74(70)78(7,8)72(68)46-54)80(61-33-13-51(3)14-34-61)62-35-15-52(4)16-36-62/h9-48H,1-8H3. The summed E-state index contributed by atoms with van der Waals surface area (Å²) in [4.78, 5) is 4.77. The van der Waals surface area contributed by atoms with Gasteiger partial charge in [-0.05, 0) is 200 Å². The first kappa shape index (κ1) is 49.1. The molecule has 2 heteroatoms. The number of fused-ring (bicyclic) bond motifs is 6. The molecule has 2 aliphatic rings. The fourth-order valence-electron chi connectivity index (χ4n) is 13.2. The van der Waals surface area contributed by atoms with E-state index in [4.69, 9.17) is 0 Å². The van der Waals surface area contributed by atoms with Crippen LogP contribution in [0.3, 0.4) is 0 Å². The Morgan fingerprint density at radius 1 is 0.275 bits per heavy atom. The first-order chi connectivity index (χ1) is 38.8. The zero-order chi connectivity index (χ0) is 54.6. The Bertz CT molecular complexity index is 4090. The van der Waals surface area contributed by atoms with Gasteiger partial charge in [-0.15, -0.1) is 0 Å². The highest BCUT2D eigenvalue weighted by Gasteiger charge is 2.38. The van der Waals surface area contributed by atoms with Crippen molar-refractivity contribution in [1.29, 1.82) is 0 Å². The highest BCUT2D eigenvalue weighted by Crippen LogP contribution is 2.53. The van der Waals surface area contributed by atoms with E-state index in [9.17, 15) is 0 Å². The van der Waals surface area contributed by atoms with Crippen LogP contribution < -0.4 is 9.80 Å². The van der Waals surface area contributed by atoms with Crippen LogP contribution in [-0.2, 0) is 10.8 Å². The van der Waals surface area contributed by atoms with Crippen molar-refractivity contribution in [2.45, 2.75) is 66.2 Å². The minimum atomic E-state index is -0.183. The molecule has 0 heterocycles. The fourth-order valence-corrected chi connectivity index (χ4v) is 13.2. The van der Waals surface area contributed by atoms with Crippen LogP contribution in [0.25, 0.3) is 78.9 Å². The van der Waals surface area contributed by atoms with E-state index in [0.29, 0.717) is 0 Å². The molecule has 0 saturated heterocycles. The van der Waals surface area contributed by atoms with Crippen LogP contribution in [0.2, 0.25) is 0 Å². The second-order valence-corrected chi connectivity index (χ2v) is 23.7. The summed E-state index contributed by atoms with van der Waals surface area (Å²) in [6.07, 6.45) is 9.26. The van der Waals surface area contributed by atoms with Crippen LogP contribution in [-0.4, -0.2) is 0 Å². The quantitative estimate of drug-likeness (QED) is 0.0995. The largest absolute Gasteiger partial charge is 0.310 e. The van der Waals surface area contributed by atoms with Crippen molar-refractivity contribution in [2.24, 2.45) is 0 Å². The van der Waals surface area contributed by atoms with Crippen molar-refractivity contribution < 1.29 is 0 Å². The number of benzene rings is 12. The molecule has 0 aromatic heterocycles. The molecule has 0 amide bonds. The number of anilines is 6. The molecule has 0 unspecified atom stereocenters. The number of nitrogens with zero attached hydrogens (tertiary/aromatic N) is 2. The van der Waals surface area contributed by atoms with E-state index in [1.807, 2.05) is 0 Å². The third-order valence-corrected chi connectivity index (χ3v) is 17.7. The van der Waals surface area contributed by atoms with E-state index in [-0.39, 0.29) is 10.8 Å². The topological polar surface area (TPSA) is 6.48 Å². The van der Waals surface area contributed by atoms with Gasteiger partial charge in [0.15, 0.2) is 0 Å². The summed E-state index contributed by atoms with van der Waals surface area (Å²) in [5, 5.41) is 7.72. The van der Waals surface area contributed by atoms with Crippen molar-refractivity contribution in [3.05, 3.63) is 285 Å². The lowest BCUT2D eigenvalue weighted by Crippen LogP contribution is -2.16. The molecule has 80 heavy (non-hydrogen) atoms. The summed E-state index contributed by atoms with van der Waals surface area (Å²) < 4.78 is 0. The maximum absolute atomic E-state index is 2.42. The molecule has 2 nitrogen and oxygen atoms in total. The van der Waals surface area contributed by atoms with Gasteiger partial charge in [-0.3, -0.25) is 0 Å². The first-order valence-electron chi connectivity index (χ1n) is 28.3. The second-order valence-electron chi connectivity index (χ2n) is 23.7. The lowest BCUT2D eigenvalue weighted by molar-refractivity contribution is 0.660. The summed E-state index contributed by atoms with van der Waals surface area (Å²) >= 11 is 0. The molecule has 14 rings (SSSR count). The van der Waals surface area contributed by atoms with Gasteiger partial charge in [0.2, 0.25) is 0 Å². The third-order valence-electron chi connectivity index (χ3n) is 17.7. The average molecular weight is 1030 g/mol. The molecule has 0 N–H and O–H groups in total. The van der Waals surface area contributed by atoms with Crippen LogP contribution in [0.5, 0.6) is 0 Å². The van der Waals surface area contributed by atoms with Crippen LogP contribution in [0.1, 0.15) is 94.5 Å². The molecular formula is C78H64N2. The molecule has 0 aliphatic heterocycles. The molecule has 2 aliphatic carbocycles. The monoisotopic (exact) mass is 1030 g/mol. The highest BCUT2D eigenvalue weighted by molar-refractivity contribution is 6.25. The lowest BCUT2D eigenvalue weighted by atomic mass is 9.81. The molecule has 0 radical (unpaired) electrons. The Balaban J connectivity index is 0.751. The average Bonchev–Trinajstić information content (AvgIpc) is 3.95. The zero-order valence-electron chi connectivity index (χ0n) is 47.0. The molecule has 0 atom stereocenters. The van der Waals surface area contributed by atoms with Gasteiger partial charge in [0, 0.05) is 45.0 Å². The van der Waals surface area contributed by atoms with E-state index < -0.39 is 0 Å². The van der Waals surface area contributed by atoms with Crippen molar-refractivity contribution in [1.82, 2.24) is 0 Å². The fraction of sp³-hybridized carbons (Fsp3) is 0.128. The molecule has 0 fully saturated rings. The summed E-state index contributed by atoms with van der Waals surface area (Å²) in [5.74, 6) is 0. The molecule has 12 aromatic rings. The summed E-state index contributed by atoms with van der Waals surface area (Å²) in [5.41, 5.74) is 27.2.